The number of hydrogen-bond donors (Lipinski definition) is 2. The maximum atomic E-state index is 8.42. The van der Waals surface area contributed by atoms with Crippen molar-refractivity contribution in [1.82, 2.24) is 4.98 Å². The molecule has 1 heterocycles. The van der Waals surface area contributed by atoms with E-state index in [1.165, 1.54) is 0 Å². The van der Waals surface area contributed by atoms with Crippen molar-refractivity contribution in [3.05, 3.63) is 23.5 Å². The molecule has 1 rings (SSSR count). The zero-order valence-corrected chi connectivity index (χ0v) is 5.59. The number of rotatable bonds is 2. The third-order valence-corrected chi connectivity index (χ3v) is 1.29. The summed E-state index contributed by atoms with van der Waals surface area (Å²) in [6.07, 6.45) is 2.49. The second kappa shape index (κ2) is 3.04. The number of nitrogens with zero attached hydrogens (tertiary/aromatic N) is 1. The first-order valence-electron chi connectivity index (χ1n) is 3.14. The van der Waals surface area contributed by atoms with Crippen molar-refractivity contribution >= 4 is 0 Å². The maximum absolute atomic E-state index is 8.42. The SMILES string of the molecule is N#Cc1c[nH]c(CCN)c1. The van der Waals surface area contributed by atoms with Crippen LogP contribution in [0.3, 0.4) is 0 Å². The molecule has 0 unspecified atom stereocenters. The summed E-state index contributed by atoms with van der Waals surface area (Å²) < 4.78 is 0. The van der Waals surface area contributed by atoms with Crippen LogP contribution in [0, 0.1) is 11.3 Å². The normalized spacial score (nSPS) is 9.20. The zero-order valence-electron chi connectivity index (χ0n) is 5.59. The average molecular weight is 135 g/mol. The van der Waals surface area contributed by atoms with Gasteiger partial charge in [0, 0.05) is 11.9 Å². The lowest BCUT2D eigenvalue weighted by Gasteiger charge is -1.88. The van der Waals surface area contributed by atoms with Crippen molar-refractivity contribution in [2.45, 2.75) is 6.42 Å². The number of nitrogens with two attached hydrogens (primary N) is 1. The van der Waals surface area contributed by atoms with Crippen LogP contribution in [0.4, 0.5) is 0 Å². The molecule has 0 aromatic carbocycles. The fraction of sp³-hybridized carbons (Fsp3) is 0.286. The Morgan fingerprint density at radius 1 is 1.70 bits per heavy atom. The summed E-state index contributed by atoms with van der Waals surface area (Å²) in [6.45, 7) is 0.616. The van der Waals surface area contributed by atoms with E-state index in [1.807, 2.05) is 12.1 Å². The van der Waals surface area contributed by atoms with Gasteiger partial charge in [0.25, 0.3) is 0 Å². The third kappa shape index (κ3) is 1.36. The van der Waals surface area contributed by atoms with E-state index < -0.39 is 0 Å². The van der Waals surface area contributed by atoms with Gasteiger partial charge in [0.05, 0.1) is 5.56 Å². The minimum absolute atomic E-state index is 0.616. The number of nitriles is 1. The summed E-state index contributed by atoms with van der Waals surface area (Å²) in [5.74, 6) is 0. The lowest BCUT2D eigenvalue weighted by molar-refractivity contribution is 0.935. The average Bonchev–Trinajstić information content (AvgIpc) is 2.37. The fourth-order valence-electron chi connectivity index (χ4n) is 0.806. The topological polar surface area (TPSA) is 65.6 Å². The lowest BCUT2D eigenvalue weighted by atomic mass is 10.3. The van der Waals surface area contributed by atoms with Crippen LogP contribution in [0.1, 0.15) is 11.3 Å². The van der Waals surface area contributed by atoms with Crippen molar-refractivity contribution in [3.63, 3.8) is 0 Å². The molecule has 52 valence electrons. The molecule has 3 N–H and O–H groups in total. The van der Waals surface area contributed by atoms with Crippen molar-refractivity contribution in [2.75, 3.05) is 6.54 Å². The molecule has 3 nitrogen and oxygen atoms in total. The molecule has 0 fully saturated rings. The smallest absolute Gasteiger partial charge is 0.101 e. The van der Waals surface area contributed by atoms with Gasteiger partial charge in [-0.1, -0.05) is 0 Å². The fourth-order valence-corrected chi connectivity index (χ4v) is 0.806. The predicted molar refractivity (Wildman–Crippen MR) is 38.3 cm³/mol. The maximum Gasteiger partial charge on any atom is 0.101 e. The summed E-state index contributed by atoms with van der Waals surface area (Å²) in [6, 6.07) is 3.85. The monoisotopic (exact) mass is 135 g/mol. The molecule has 0 saturated heterocycles. The Morgan fingerprint density at radius 2 is 2.50 bits per heavy atom. The number of aromatic nitrogens is 1. The molecule has 10 heavy (non-hydrogen) atoms. The first-order valence-corrected chi connectivity index (χ1v) is 3.14. The quantitative estimate of drug-likeness (QED) is 0.616. The Kier molecular flexibility index (Phi) is 2.08. The molecule has 0 saturated carbocycles. The number of nitrogens with one attached hydrogen (secondary N) is 1. The highest BCUT2D eigenvalue weighted by Crippen LogP contribution is 2.00. The summed E-state index contributed by atoms with van der Waals surface area (Å²) >= 11 is 0. The molecule has 0 radical (unpaired) electrons. The molecule has 1 aromatic heterocycles. The molecule has 0 aliphatic rings. The molecule has 0 aliphatic heterocycles. The van der Waals surface area contributed by atoms with Crippen LogP contribution in [-0.2, 0) is 6.42 Å². The molecule has 3 heteroatoms. The van der Waals surface area contributed by atoms with E-state index in [2.05, 4.69) is 4.98 Å². The van der Waals surface area contributed by atoms with Gasteiger partial charge in [-0.15, -0.1) is 0 Å². The van der Waals surface area contributed by atoms with Gasteiger partial charge in [-0.3, -0.25) is 0 Å². The Bertz CT molecular complexity index is 244. The minimum atomic E-state index is 0.616. The third-order valence-electron chi connectivity index (χ3n) is 1.29. The van der Waals surface area contributed by atoms with Crippen LogP contribution in [-0.4, -0.2) is 11.5 Å². The van der Waals surface area contributed by atoms with Crippen molar-refractivity contribution in [2.24, 2.45) is 5.73 Å². The zero-order chi connectivity index (χ0) is 7.40. The second-order valence-electron chi connectivity index (χ2n) is 2.06. The highest BCUT2D eigenvalue weighted by atomic mass is 14.7. The van der Waals surface area contributed by atoms with E-state index >= 15 is 0 Å². The highest BCUT2D eigenvalue weighted by molar-refractivity contribution is 5.28. The van der Waals surface area contributed by atoms with Gasteiger partial charge in [-0.2, -0.15) is 5.26 Å². The van der Waals surface area contributed by atoms with E-state index in [9.17, 15) is 0 Å². The molecule has 1 aromatic rings. The molecule has 0 amide bonds. The van der Waals surface area contributed by atoms with Crippen LogP contribution < -0.4 is 5.73 Å². The summed E-state index contributed by atoms with van der Waals surface area (Å²) in [7, 11) is 0. The van der Waals surface area contributed by atoms with Crippen LogP contribution in [0.2, 0.25) is 0 Å². The molecular weight excluding hydrogens is 126 g/mol. The van der Waals surface area contributed by atoms with Crippen LogP contribution in [0.5, 0.6) is 0 Å². The highest BCUT2D eigenvalue weighted by Gasteiger charge is 1.94. The van der Waals surface area contributed by atoms with Gasteiger partial charge in [0.2, 0.25) is 0 Å². The Morgan fingerprint density at radius 3 is 3.00 bits per heavy atom. The van der Waals surface area contributed by atoms with E-state index in [0.717, 1.165) is 12.1 Å². The summed E-state index contributed by atoms with van der Waals surface area (Å²) in [5, 5.41) is 8.42. The first-order chi connectivity index (χ1) is 4.86. The molecule has 0 bridgehead atoms. The Hall–Kier alpha value is -1.27. The molecule has 0 spiro atoms. The van der Waals surface area contributed by atoms with E-state index in [1.54, 1.807) is 6.20 Å². The van der Waals surface area contributed by atoms with Gasteiger partial charge in [0.15, 0.2) is 0 Å². The number of H-pyrrole nitrogens is 1. The van der Waals surface area contributed by atoms with Gasteiger partial charge >= 0.3 is 0 Å². The minimum Gasteiger partial charge on any atom is -0.364 e. The number of hydrogen-bond acceptors (Lipinski definition) is 2. The number of aromatic amines is 1. The largest absolute Gasteiger partial charge is 0.364 e. The van der Waals surface area contributed by atoms with Crippen LogP contribution in [0.25, 0.3) is 0 Å². The van der Waals surface area contributed by atoms with E-state index in [0.29, 0.717) is 12.1 Å². The van der Waals surface area contributed by atoms with E-state index in [-0.39, 0.29) is 0 Å². The molecular formula is C7H9N3. The molecule has 0 atom stereocenters. The van der Waals surface area contributed by atoms with Gasteiger partial charge in [-0.25, -0.2) is 0 Å². The van der Waals surface area contributed by atoms with Gasteiger partial charge < -0.3 is 10.7 Å². The molecule has 0 aliphatic carbocycles. The predicted octanol–water partition coefficient (Wildman–Crippen LogP) is 0.388. The van der Waals surface area contributed by atoms with Crippen molar-refractivity contribution in [3.8, 4) is 6.07 Å². The standard InChI is InChI=1S/C7H9N3/c8-2-1-7-3-6(4-9)5-10-7/h3,5,10H,1-2,8H2. The van der Waals surface area contributed by atoms with Gasteiger partial charge in [-0.05, 0) is 19.0 Å². The van der Waals surface area contributed by atoms with Crippen molar-refractivity contribution < 1.29 is 0 Å². The second-order valence-corrected chi connectivity index (χ2v) is 2.06. The van der Waals surface area contributed by atoms with E-state index in [4.69, 9.17) is 11.0 Å². The lowest BCUT2D eigenvalue weighted by Crippen LogP contribution is -2.02. The Balaban J connectivity index is 2.71. The first kappa shape index (κ1) is 6.84. The summed E-state index contributed by atoms with van der Waals surface area (Å²) in [5.41, 5.74) is 7.01. The Labute approximate surface area is 59.5 Å². The van der Waals surface area contributed by atoms with Crippen molar-refractivity contribution in [1.29, 1.82) is 5.26 Å². The summed E-state index contributed by atoms with van der Waals surface area (Å²) in [4.78, 5) is 2.96. The van der Waals surface area contributed by atoms with Gasteiger partial charge in [0.1, 0.15) is 6.07 Å². The van der Waals surface area contributed by atoms with Crippen LogP contribution in [0.15, 0.2) is 12.3 Å². The van der Waals surface area contributed by atoms with Crippen LogP contribution >= 0.6 is 0 Å².